The van der Waals surface area contributed by atoms with Crippen molar-refractivity contribution in [2.24, 2.45) is 5.41 Å². The largest absolute Gasteiger partial charge is 0.346 e. The standard InChI is InChI=1S/C9H27OP7/c1-5-8(6-7-9(2,3)4)10-15(16(11)12)17(13)14/h8H,5-7,11-14H2,1-4H3. The van der Waals surface area contributed by atoms with E-state index in [9.17, 15) is 0 Å². The van der Waals surface area contributed by atoms with E-state index in [0.717, 1.165) is 6.42 Å². The van der Waals surface area contributed by atoms with Crippen LogP contribution in [0.15, 0.2) is 0 Å². The second kappa shape index (κ2) is 9.82. The third kappa shape index (κ3) is 10.4. The zero-order valence-electron chi connectivity index (χ0n) is 11.3. The molecule has 104 valence electrons. The van der Waals surface area contributed by atoms with Gasteiger partial charge in [0.15, 0.2) is 0 Å². The molecule has 1 nitrogen and oxygen atoms in total. The van der Waals surface area contributed by atoms with Crippen molar-refractivity contribution in [1.29, 1.82) is 0 Å². The Labute approximate surface area is 120 Å². The van der Waals surface area contributed by atoms with Gasteiger partial charge in [-0.25, -0.2) is 0 Å². The summed E-state index contributed by atoms with van der Waals surface area (Å²) in [5, 5.41) is 0. The second-order valence-corrected chi connectivity index (χ2v) is 28.9. The van der Waals surface area contributed by atoms with Gasteiger partial charge < -0.3 is 4.52 Å². The lowest BCUT2D eigenvalue weighted by Crippen LogP contribution is -2.13. The predicted octanol–water partition coefficient (Wildman–Crippen LogP) is 6.96. The quantitative estimate of drug-likeness (QED) is 0.442. The monoisotopic (exact) mass is 368 g/mol. The van der Waals surface area contributed by atoms with Crippen molar-refractivity contribution < 1.29 is 4.52 Å². The van der Waals surface area contributed by atoms with Crippen LogP contribution in [0.1, 0.15) is 47.0 Å². The number of hydrogen-bond acceptors (Lipinski definition) is 1. The van der Waals surface area contributed by atoms with E-state index in [2.05, 4.69) is 63.4 Å². The van der Waals surface area contributed by atoms with Crippen LogP contribution in [0.4, 0.5) is 0 Å². The van der Waals surface area contributed by atoms with Gasteiger partial charge in [-0.05, 0) is 38.7 Å². The maximum absolute atomic E-state index is 6.36. The Morgan fingerprint density at radius 2 is 1.53 bits per heavy atom. The van der Waals surface area contributed by atoms with Crippen molar-refractivity contribution in [2.45, 2.75) is 53.1 Å². The molecule has 0 rings (SSSR count). The summed E-state index contributed by atoms with van der Waals surface area (Å²) in [7, 11) is 11.4. The van der Waals surface area contributed by atoms with Crippen molar-refractivity contribution in [3.8, 4) is 0 Å². The zero-order valence-corrected chi connectivity index (χ0v) is 18.6. The zero-order chi connectivity index (χ0) is 13.6. The molecule has 0 aliphatic carbocycles. The van der Waals surface area contributed by atoms with Crippen LogP contribution in [0.25, 0.3) is 0 Å². The Bertz CT molecular complexity index is 196. The summed E-state index contributed by atoms with van der Waals surface area (Å²) in [4.78, 5) is 0. The Balaban J connectivity index is 4.27. The Hall–Kier alpha value is 2.97. The summed E-state index contributed by atoms with van der Waals surface area (Å²) in [5.74, 6) is 0. The molecule has 0 aliphatic rings. The van der Waals surface area contributed by atoms with E-state index < -0.39 is 0 Å². The first kappa shape index (κ1) is 20.0. The maximum Gasteiger partial charge on any atom is 0.0925 e. The van der Waals surface area contributed by atoms with Gasteiger partial charge in [-0.15, -0.1) is 35.7 Å². The van der Waals surface area contributed by atoms with Crippen LogP contribution in [0.3, 0.4) is 0 Å². The van der Waals surface area contributed by atoms with Gasteiger partial charge in [-0.3, -0.25) is 0 Å². The van der Waals surface area contributed by atoms with E-state index in [0.29, 0.717) is 11.5 Å². The minimum atomic E-state index is -0.290. The van der Waals surface area contributed by atoms with Crippen LogP contribution >= 0.6 is 57.2 Å². The van der Waals surface area contributed by atoms with Gasteiger partial charge in [0.25, 0.3) is 0 Å². The Morgan fingerprint density at radius 1 is 1.06 bits per heavy atom. The molecule has 0 radical (unpaired) electrons. The fourth-order valence-electron chi connectivity index (χ4n) is 1.29. The number of rotatable bonds is 7. The minimum absolute atomic E-state index is 0.117. The van der Waals surface area contributed by atoms with Gasteiger partial charge in [0, 0.05) is 0 Å². The van der Waals surface area contributed by atoms with Crippen LogP contribution in [-0.4, -0.2) is 6.10 Å². The molecule has 0 aromatic carbocycles. The molecule has 0 amide bonds. The second-order valence-electron chi connectivity index (χ2n) is 5.25. The molecule has 0 aromatic heterocycles. The smallest absolute Gasteiger partial charge is 0.0925 e. The lowest BCUT2D eigenvalue weighted by molar-refractivity contribution is 0.190. The molecule has 0 saturated carbocycles. The summed E-state index contributed by atoms with van der Waals surface area (Å²) < 4.78 is 6.36. The van der Waals surface area contributed by atoms with Gasteiger partial charge in [-0.2, -0.15) is 0 Å². The Kier molecular flexibility index (Phi) is 11.5. The lowest BCUT2D eigenvalue weighted by atomic mass is 9.89. The van der Waals surface area contributed by atoms with Crippen molar-refractivity contribution in [2.75, 3.05) is 0 Å². The Morgan fingerprint density at radius 3 is 1.82 bits per heavy atom. The molecular formula is C9H27OP7. The molecule has 0 saturated heterocycles. The third-order valence-electron chi connectivity index (χ3n) is 2.31. The average molecular weight is 368 g/mol. The topological polar surface area (TPSA) is 9.23 Å². The predicted molar refractivity (Wildman–Crippen MR) is 103 cm³/mol. The highest BCUT2D eigenvalue weighted by atomic mass is 33.0. The minimum Gasteiger partial charge on any atom is -0.346 e. The van der Waals surface area contributed by atoms with E-state index in [1.165, 1.54) is 12.8 Å². The van der Waals surface area contributed by atoms with Gasteiger partial charge in [0.05, 0.1) is 13.6 Å². The first-order valence-corrected chi connectivity index (χ1v) is 17.6. The maximum atomic E-state index is 6.36. The van der Waals surface area contributed by atoms with Crippen molar-refractivity contribution in [1.82, 2.24) is 0 Å². The molecule has 0 fully saturated rings. The highest BCUT2D eigenvalue weighted by Crippen LogP contribution is 2.97. The first-order valence-electron chi connectivity index (χ1n) is 5.73. The molecule has 0 heterocycles. The normalized spacial score (nSPS) is 15.0. The van der Waals surface area contributed by atoms with Crippen LogP contribution in [-0.2, 0) is 4.52 Å². The fraction of sp³-hybridized carbons (Fsp3) is 1.00. The van der Waals surface area contributed by atoms with Crippen LogP contribution in [0.5, 0.6) is 0 Å². The molecule has 0 aromatic rings. The van der Waals surface area contributed by atoms with Crippen LogP contribution in [0.2, 0.25) is 0 Å². The summed E-state index contributed by atoms with van der Waals surface area (Å²) >= 11 is 0. The van der Waals surface area contributed by atoms with Crippen molar-refractivity contribution >= 4 is 57.2 Å². The molecule has 0 bridgehead atoms. The molecule has 5 unspecified atom stereocenters. The number of hydrogen-bond donors (Lipinski definition) is 0. The van der Waals surface area contributed by atoms with Crippen molar-refractivity contribution in [3.05, 3.63) is 0 Å². The summed E-state index contributed by atoms with van der Waals surface area (Å²) in [6.45, 7) is 8.92. The van der Waals surface area contributed by atoms with E-state index >= 15 is 0 Å². The first-order chi connectivity index (χ1) is 7.67. The molecule has 8 heteroatoms. The van der Waals surface area contributed by atoms with E-state index in [4.69, 9.17) is 4.52 Å². The summed E-state index contributed by atoms with van der Waals surface area (Å²) in [6.07, 6.45) is 4.01. The van der Waals surface area contributed by atoms with E-state index in [-0.39, 0.29) is 21.5 Å². The molecule has 5 atom stereocenters. The van der Waals surface area contributed by atoms with Gasteiger partial charge in [0.2, 0.25) is 0 Å². The summed E-state index contributed by atoms with van der Waals surface area (Å²) in [5.41, 5.74) is 0.416. The molecule has 0 N–H and O–H groups in total. The van der Waals surface area contributed by atoms with Crippen LogP contribution < -0.4 is 0 Å². The summed E-state index contributed by atoms with van der Waals surface area (Å²) in [6, 6.07) is 0. The third-order valence-corrected chi connectivity index (χ3v) is 24.8. The highest BCUT2D eigenvalue weighted by molar-refractivity contribution is 8.96. The SMILES string of the molecule is CCC(CCC(C)(C)C)OP(P(P)P)P(P)P. The van der Waals surface area contributed by atoms with E-state index in [1.54, 1.807) is 0 Å². The fourth-order valence-corrected chi connectivity index (χ4v) is 34.3. The molecular weight excluding hydrogens is 341 g/mol. The highest BCUT2D eigenvalue weighted by Gasteiger charge is 2.24. The van der Waals surface area contributed by atoms with Gasteiger partial charge in [0.1, 0.15) is 0 Å². The van der Waals surface area contributed by atoms with Crippen LogP contribution in [0, 0.1) is 5.41 Å². The van der Waals surface area contributed by atoms with Crippen molar-refractivity contribution in [3.63, 3.8) is 0 Å². The average Bonchev–Trinajstić information content (AvgIpc) is 2.15. The van der Waals surface area contributed by atoms with E-state index in [1.807, 2.05) is 0 Å². The molecule has 17 heavy (non-hydrogen) atoms. The molecule has 0 spiro atoms. The molecule has 0 aliphatic heterocycles. The van der Waals surface area contributed by atoms with Gasteiger partial charge in [-0.1, -0.05) is 27.7 Å². The lowest BCUT2D eigenvalue weighted by Gasteiger charge is -2.30. The van der Waals surface area contributed by atoms with Gasteiger partial charge >= 0.3 is 0 Å².